The van der Waals surface area contributed by atoms with Crippen molar-refractivity contribution in [3.63, 3.8) is 0 Å². The number of benzene rings is 2. The summed E-state index contributed by atoms with van der Waals surface area (Å²) in [4.78, 5) is 4.97. The van der Waals surface area contributed by atoms with Gasteiger partial charge in [0.1, 0.15) is 5.82 Å². The summed E-state index contributed by atoms with van der Waals surface area (Å²) in [6.45, 7) is 4.25. The number of hydrogen-bond donors (Lipinski definition) is 1. The molecule has 2 heterocycles. The maximum absolute atomic E-state index is 13.0. The van der Waals surface area contributed by atoms with Gasteiger partial charge >= 0.3 is 0 Å². The molecule has 2 aromatic carbocycles. The molecule has 2 atom stereocenters. The first-order chi connectivity index (χ1) is 12.7. The molecular formula is C22H27FN2O. The molecule has 1 fully saturated rings. The van der Waals surface area contributed by atoms with Crippen LogP contribution in [0.4, 0.5) is 10.1 Å². The second-order valence-electron chi connectivity index (χ2n) is 7.55. The zero-order valence-electron chi connectivity index (χ0n) is 15.1. The van der Waals surface area contributed by atoms with E-state index < -0.39 is 0 Å². The van der Waals surface area contributed by atoms with Gasteiger partial charge in [-0.05, 0) is 48.6 Å². The van der Waals surface area contributed by atoms with E-state index in [1.165, 1.54) is 28.9 Å². The Labute approximate surface area is 155 Å². The third-order valence-corrected chi connectivity index (χ3v) is 5.97. The quantitative estimate of drug-likeness (QED) is 0.894. The smallest absolute Gasteiger partial charge is 0.123 e. The number of aliphatic hydroxyl groups excluding tert-OH is 1. The van der Waals surface area contributed by atoms with E-state index in [2.05, 4.69) is 34.1 Å². The number of piperidine rings is 1. The molecule has 0 aliphatic carbocycles. The van der Waals surface area contributed by atoms with Crippen molar-refractivity contribution in [2.45, 2.75) is 25.3 Å². The summed E-state index contributed by atoms with van der Waals surface area (Å²) in [7, 11) is 0. The third-order valence-electron chi connectivity index (χ3n) is 5.97. The van der Waals surface area contributed by atoms with Gasteiger partial charge in [0.2, 0.25) is 0 Å². The molecule has 0 radical (unpaired) electrons. The Balaban J connectivity index is 1.37. The lowest BCUT2D eigenvalue weighted by atomic mass is 9.91. The fourth-order valence-electron chi connectivity index (χ4n) is 4.53. The first-order valence-corrected chi connectivity index (χ1v) is 9.67. The summed E-state index contributed by atoms with van der Waals surface area (Å²) in [5, 5.41) is 10.0. The lowest BCUT2D eigenvalue weighted by Crippen LogP contribution is -2.52. The van der Waals surface area contributed by atoms with Crippen molar-refractivity contribution in [2.75, 3.05) is 37.7 Å². The Morgan fingerprint density at radius 1 is 1.04 bits per heavy atom. The summed E-state index contributed by atoms with van der Waals surface area (Å²) in [5.74, 6) is 0.101. The highest BCUT2D eigenvalue weighted by Gasteiger charge is 2.35. The van der Waals surface area contributed by atoms with Crippen LogP contribution in [0.2, 0.25) is 0 Å². The van der Waals surface area contributed by atoms with E-state index in [9.17, 15) is 9.50 Å². The SMILES string of the molecule is OC[C@@H]1CN(CCc2ccc(F)cc2)CCC1N1CCc2ccccc21. The molecule has 2 aliphatic heterocycles. The van der Waals surface area contributed by atoms with E-state index in [0.717, 1.165) is 45.4 Å². The first kappa shape index (κ1) is 17.5. The van der Waals surface area contributed by atoms with Gasteiger partial charge in [0, 0.05) is 50.4 Å². The number of rotatable bonds is 5. The van der Waals surface area contributed by atoms with Crippen molar-refractivity contribution in [2.24, 2.45) is 5.92 Å². The minimum absolute atomic E-state index is 0.180. The van der Waals surface area contributed by atoms with E-state index in [1.54, 1.807) is 0 Å². The molecule has 0 amide bonds. The van der Waals surface area contributed by atoms with Crippen LogP contribution in [-0.2, 0) is 12.8 Å². The largest absolute Gasteiger partial charge is 0.396 e. The zero-order chi connectivity index (χ0) is 17.9. The van der Waals surface area contributed by atoms with Crippen LogP contribution in [0, 0.1) is 11.7 Å². The number of hydrogen-bond acceptors (Lipinski definition) is 3. The van der Waals surface area contributed by atoms with Crippen LogP contribution < -0.4 is 4.90 Å². The van der Waals surface area contributed by atoms with Gasteiger partial charge in [-0.15, -0.1) is 0 Å². The Bertz CT molecular complexity index is 733. The van der Waals surface area contributed by atoms with Crippen LogP contribution in [0.15, 0.2) is 48.5 Å². The molecule has 3 nitrogen and oxygen atoms in total. The second-order valence-corrected chi connectivity index (χ2v) is 7.55. The fourth-order valence-corrected chi connectivity index (χ4v) is 4.53. The Kier molecular flexibility index (Phi) is 5.23. The van der Waals surface area contributed by atoms with Crippen LogP contribution in [-0.4, -0.2) is 48.8 Å². The van der Waals surface area contributed by atoms with Gasteiger partial charge in [0.05, 0.1) is 0 Å². The van der Waals surface area contributed by atoms with Crippen LogP contribution in [0.1, 0.15) is 17.5 Å². The third kappa shape index (κ3) is 3.62. The predicted molar refractivity (Wildman–Crippen MR) is 103 cm³/mol. The summed E-state index contributed by atoms with van der Waals surface area (Å²) in [5.41, 5.74) is 3.96. The van der Waals surface area contributed by atoms with Gasteiger partial charge in [-0.1, -0.05) is 30.3 Å². The molecule has 2 aliphatic rings. The summed E-state index contributed by atoms with van der Waals surface area (Å²) >= 11 is 0. The second kappa shape index (κ2) is 7.77. The average Bonchev–Trinajstić information content (AvgIpc) is 3.11. The number of halogens is 1. The van der Waals surface area contributed by atoms with E-state index in [1.807, 2.05) is 12.1 Å². The molecule has 1 unspecified atom stereocenters. The van der Waals surface area contributed by atoms with Crippen LogP contribution in [0.25, 0.3) is 0 Å². The number of fused-ring (bicyclic) bond motifs is 1. The van der Waals surface area contributed by atoms with E-state index in [0.29, 0.717) is 6.04 Å². The highest BCUT2D eigenvalue weighted by molar-refractivity contribution is 5.58. The molecule has 26 heavy (non-hydrogen) atoms. The summed E-state index contributed by atoms with van der Waals surface area (Å²) < 4.78 is 13.0. The molecule has 138 valence electrons. The zero-order valence-corrected chi connectivity index (χ0v) is 15.1. The highest BCUT2D eigenvalue weighted by Crippen LogP contribution is 2.34. The standard InChI is InChI=1S/C22H27FN2O/c23-20-7-5-17(6-8-20)9-12-24-13-11-22(19(15-24)16-26)25-14-10-18-3-1-2-4-21(18)25/h1-8,19,22,26H,9-16H2/t19-,22?/m0/s1. The Hall–Kier alpha value is -1.91. The van der Waals surface area contributed by atoms with Gasteiger partial charge in [-0.2, -0.15) is 0 Å². The number of anilines is 1. The minimum atomic E-state index is -0.180. The fraction of sp³-hybridized carbons (Fsp3) is 0.455. The molecule has 1 N–H and O–H groups in total. The molecule has 2 aromatic rings. The molecule has 4 rings (SSSR count). The van der Waals surface area contributed by atoms with Crippen LogP contribution in [0.3, 0.4) is 0 Å². The summed E-state index contributed by atoms with van der Waals surface area (Å²) in [6, 6.07) is 15.9. The van der Waals surface area contributed by atoms with Gasteiger partial charge in [0.15, 0.2) is 0 Å². The monoisotopic (exact) mass is 354 g/mol. The van der Waals surface area contributed by atoms with Crippen molar-refractivity contribution in [1.82, 2.24) is 4.90 Å². The van der Waals surface area contributed by atoms with Crippen molar-refractivity contribution in [3.8, 4) is 0 Å². The highest BCUT2D eigenvalue weighted by atomic mass is 19.1. The number of aliphatic hydroxyl groups is 1. The normalized spacial score (nSPS) is 23.2. The van der Waals surface area contributed by atoms with Crippen LogP contribution in [0.5, 0.6) is 0 Å². The van der Waals surface area contributed by atoms with Crippen LogP contribution >= 0.6 is 0 Å². The molecule has 1 saturated heterocycles. The number of likely N-dealkylation sites (tertiary alicyclic amines) is 1. The molecule has 0 bridgehead atoms. The van der Waals surface area contributed by atoms with Crippen molar-refractivity contribution in [3.05, 3.63) is 65.5 Å². The lowest BCUT2D eigenvalue weighted by molar-refractivity contribution is 0.102. The summed E-state index contributed by atoms with van der Waals surface area (Å²) in [6.07, 6.45) is 3.12. The topological polar surface area (TPSA) is 26.7 Å². The van der Waals surface area contributed by atoms with E-state index >= 15 is 0 Å². The van der Waals surface area contributed by atoms with E-state index in [-0.39, 0.29) is 18.3 Å². The van der Waals surface area contributed by atoms with Crippen molar-refractivity contribution < 1.29 is 9.50 Å². The maximum atomic E-state index is 13.0. The van der Waals surface area contributed by atoms with Gasteiger partial charge in [-0.25, -0.2) is 4.39 Å². The molecular weight excluding hydrogens is 327 g/mol. The molecule has 0 aromatic heterocycles. The van der Waals surface area contributed by atoms with E-state index in [4.69, 9.17) is 0 Å². The lowest BCUT2D eigenvalue weighted by Gasteiger charge is -2.43. The maximum Gasteiger partial charge on any atom is 0.123 e. The van der Waals surface area contributed by atoms with Crippen molar-refractivity contribution >= 4 is 5.69 Å². The Morgan fingerprint density at radius 2 is 1.85 bits per heavy atom. The molecule has 0 saturated carbocycles. The first-order valence-electron chi connectivity index (χ1n) is 9.67. The van der Waals surface area contributed by atoms with Crippen molar-refractivity contribution in [1.29, 1.82) is 0 Å². The average molecular weight is 354 g/mol. The Morgan fingerprint density at radius 3 is 2.65 bits per heavy atom. The van der Waals surface area contributed by atoms with Gasteiger partial charge in [0.25, 0.3) is 0 Å². The molecule has 4 heteroatoms. The molecule has 0 spiro atoms. The van der Waals surface area contributed by atoms with Gasteiger partial charge < -0.3 is 14.9 Å². The minimum Gasteiger partial charge on any atom is -0.396 e. The number of para-hydroxylation sites is 1. The van der Waals surface area contributed by atoms with Gasteiger partial charge in [-0.3, -0.25) is 0 Å². The predicted octanol–water partition coefficient (Wildman–Crippen LogP) is 3.11. The number of nitrogens with zero attached hydrogens (tertiary/aromatic N) is 2.